The molecule has 2 N–H and O–H groups in total. The normalized spacial score (nSPS) is 22.1. The summed E-state index contributed by atoms with van der Waals surface area (Å²) in [4.78, 5) is 25.3. The smallest absolute Gasteiger partial charge is 0.313 e. The first kappa shape index (κ1) is 17.9. The highest BCUT2D eigenvalue weighted by Gasteiger charge is 2.35. The second-order valence-corrected chi connectivity index (χ2v) is 7.24. The first-order valence-corrected chi connectivity index (χ1v) is 8.81. The first-order valence-electron chi connectivity index (χ1n) is 8.81. The van der Waals surface area contributed by atoms with E-state index in [0.717, 1.165) is 19.6 Å². The summed E-state index contributed by atoms with van der Waals surface area (Å²) in [5.74, 6) is 0.501. The fourth-order valence-electron chi connectivity index (χ4n) is 3.20. The predicted molar refractivity (Wildman–Crippen MR) is 95.4 cm³/mol. The van der Waals surface area contributed by atoms with Gasteiger partial charge in [-0.1, -0.05) is 0 Å². The summed E-state index contributed by atoms with van der Waals surface area (Å²) in [6.07, 6.45) is 1.69. The number of hydrogen-bond donors (Lipinski definition) is 2. The van der Waals surface area contributed by atoms with E-state index in [1.165, 1.54) is 0 Å². The van der Waals surface area contributed by atoms with Gasteiger partial charge in [-0.3, -0.25) is 4.79 Å². The fraction of sp³-hybridized carbons (Fsp3) is 0.706. The SMILES string of the molecule is C[C@@H]1CN(c2ncc(C(C)(C)C(=O)O)c(N3CCOCC3)n2)CCN1. The van der Waals surface area contributed by atoms with E-state index in [2.05, 4.69) is 27.0 Å². The Labute approximate surface area is 148 Å². The van der Waals surface area contributed by atoms with Gasteiger partial charge in [-0.15, -0.1) is 0 Å². The predicted octanol–water partition coefficient (Wildman–Crippen LogP) is 0.474. The van der Waals surface area contributed by atoms with Gasteiger partial charge in [-0.2, -0.15) is 4.98 Å². The number of morpholine rings is 1. The van der Waals surface area contributed by atoms with Crippen molar-refractivity contribution in [3.8, 4) is 0 Å². The van der Waals surface area contributed by atoms with Crippen LogP contribution in [-0.2, 0) is 14.9 Å². The minimum absolute atomic E-state index is 0.374. The average molecular weight is 349 g/mol. The molecule has 1 aromatic heterocycles. The Morgan fingerprint density at radius 3 is 2.68 bits per heavy atom. The van der Waals surface area contributed by atoms with Crippen molar-refractivity contribution in [2.75, 3.05) is 55.7 Å². The molecule has 2 aliphatic rings. The van der Waals surface area contributed by atoms with Gasteiger partial charge >= 0.3 is 5.97 Å². The highest BCUT2D eigenvalue weighted by molar-refractivity contribution is 5.82. The molecule has 3 rings (SSSR count). The van der Waals surface area contributed by atoms with Crippen LogP contribution >= 0.6 is 0 Å². The lowest BCUT2D eigenvalue weighted by molar-refractivity contribution is -0.142. The number of aromatic nitrogens is 2. The molecule has 2 fully saturated rings. The Bertz CT molecular complexity index is 631. The van der Waals surface area contributed by atoms with Crippen molar-refractivity contribution in [2.24, 2.45) is 0 Å². The van der Waals surface area contributed by atoms with Crippen LogP contribution in [0, 0.1) is 0 Å². The lowest BCUT2D eigenvalue weighted by atomic mass is 9.85. The molecule has 1 atom stereocenters. The third kappa shape index (κ3) is 3.69. The van der Waals surface area contributed by atoms with Crippen LogP contribution in [-0.4, -0.2) is 73.0 Å². The van der Waals surface area contributed by atoms with Gasteiger partial charge < -0.3 is 25.0 Å². The van der Waals surface area contributed by atoms with E-state index < -0.39 is 11.4 Å². The first-order chi connectivity index (χ1) is 11.9. The van der Waals surface area contributed by atoms with E-state index in [1.54, 1.807) is 20.0 Å². The Hall–Kier alpha value is -1.93. The topological polar surface area (TPSA) is 90.8 Å². The Balaban J connectivity index is 1.99. The largest absolute Gasteiger partial charge is 0.481 e. The van der Waals surface area contributed by atoms with Crippen LogP contribution < -0.4 is 15.1 Å². The number of ether oxygens (including phenoxy) is 1. The number of nitrogens with zero attached hydrogens (tertiary/aromatic N) is 4. The molecule has 1 aromatic rings. The van der Waals surface area contributed by atoms with Crippen molar-refractivity contribution >= 4 is 17.7 Å². The summed E-state index contributed by atoms with van der Waals surface area (Å²) in [6.45, 7) is 10.8. The molecule has 0 aromatic carbocycles. The lowest BCUT2D eigenvalue weighted by Crippen LogP contribution is -2.50. The maximum absolute atomic E-state index is 11.8. The van der Waals surface area contributed by atoms with Crippen molar-refractivity contribution < 1.29 is 14.6 Å². The molecule has 0 spiro atoms. The third-order valence-corrected chi connectivity index (χ3v) is 4.93. The Morgan fingerprint density at radius 1 is 1.32 bits per heavy atom. The van der Waals surface area contributed by atoms with Crippen LogP contribution in [0.1, 0.15) is 26.3 Å². The van der Waals surface area contributed by atoms with E-state index >= 15 is 0 Å². The van der Waals surface area contributed by atoms with Crippen LogP contribution in [0.3, 0.4) is 0 Å². The standard InChI is InChI=1S/C17H27N5O3/c1-12-11-22(5-4-18-12)16-19-10-13(17(2,3)15(23)24)14(20-16)21-6-8-25-9-7-21/h10,12,18H,4-9,11H2,1-3H3,(H,23,24)/t12-/m1/s1. The van der Waals surface area contributed by atoms with Gasteiger partial charge in [0.15, 0.2) is 0 Å². The van der Waals surface area contributed by atoms with Gasteiger partial charge in [-0.05, 0) is 20.8 Å². The third-order valence-electron chi connectivity index (χ3n) is 4.93. The number of aliphatic carboxylic acids is 1. The molecule has 3 heterocycles. The van der Waals surface area contributed by atoms with Crippen LogP contribution in [0.4, 0.5) is 11.8 Å². The van der Waals surface area contributed by atoms with Gasteiger partial charge in [0.25, 0.3) is 0 Å². The molecule has 0 amide bonds. The molecule has 8 nitrogen and oxygen atoms in total. The highest BCUT2D eigenvalue weighted by Crippen LogP contribution is 2.32. The van der Waals surface area contributed by atoms with Crippen LogP contribution in [0.2, 0.25) is 0 Å². The van der Waals surface area contributed by atoms with Crippen LogP contribution in [0.5, 0.6) is 0 Å². The van der Waals surface area contributed by atoms with Gasteiger partial charge in [0, 0.05) is 50.5 Å². The number of hydrogen-bond acceptors (Lipinski definition) is 7. The van der Waals surface area contributed by atoms with E-state index in [-0.39, 0.29) is 0 Å². The van der Waals surface area contributed by atoms with Crippen molar-refractivity contribution in [1.82, 2.24) is 15.3 Å². The van der Waals surface area contributed by atoms with Crippen molar-refractivity contribution in [3.63, 3.8) is 0 Å². The summed E-state index contributed by atoms with van der Waals surface area (Å²) < 4.78 is 5.43. The molecule has 8 heteroatoms. The van der Waals surface area contributed by atoms with E-state index in [1.807, 2.05) is 0 Å². The number of anilines is 2. The van der Waals surface area contributed by atoms with Crippen molar-refractivity contribution in [3.05, 3.63) is 11.8 Å². The number of rotatable bonds is 4. The molecule has 0 radical (unpaired) electrons. The second kappa shape index (κ2) is 7.13. The van der Waals surface area contributed by atoms with E-state index in [0.29, 0.717) is 49.7 Å². The molecule has 138 valence electrons. The number of carboxylic acid groups (broad SMARTS) is 1. The quantitative estimate of drug-likeness (QED) is 0.811. The van der Waals surface area contributed by atoms with Gasteiger partial charge in [0.05, 0.1) is 18.6 Å². The Morgan fingerprint density at radius 2 is 2.04 bits per heavy atom. The Kier molecular flexibility index (Phi) is 5.10. The van der Waals surface area contributed by atoms with Crippen LogP contribution in [0.25, 0.3) is 0 Å². The highest BCUT2D eigenvalue weighted by atomic mass is 16.5. The molecule has 0 unspecified atom stereocenters. The average Bonchev–Trinajstić information content (AvgIpc) is 2.62. The second-order valence-electron chi connectivity index (χ2n) is 7.24. The van der Waals surface area contributed by atoms with Crippen molar-refractivity contribution in [1.29, 1.82) is 0 Å². The van der Waals surface area contributed by atoms with Crippen molar-refractivity contribution in [2.45, 2.75) is 32.2 Å². The number of carboxylic acids is 1. The zero-order valence-electron chi connectivity index (χ0n) is 15.2. The monoisotopic (exact) mass is 349 g/mol. The molecular weight excluding hydrogens is 322 g/mol. The molecule has 0 saturated carbocycles. The molecule has 0 bridgehead atoms. The molecule has 2 saturated heterocycles. The van der Waals surface area contributed by atoms with Gasteiger partial charge in [0.1, 0.15) is 5.82 Å². The summed E-state index contributed by atoms with van der Waals surface area (Å²) in [7, 11) is 0. The summed E-state index contributed by atoms with van der Waals surface area (Å²) in [5, 5.41) is 13.1. The molecule has 2 aliphatic heterocycles. The number of piperazine rings is 1. The van der Waals surface area contributed by atoms with Gasteiger partial charge in [0.2, 0.25) is 5.95 Å². The zero-order valence-corrected chi connectivity index (χ0v) is 15.2. The minimum atomic E-state index is -1.05. The van der Waals surface area contributed by atoms with Crippen LogP contribution in [0.15, 0.2) is 6.20 Å². The number of nitrogens with one attached hydrogen (secondary N) is 1. The summed E-state index contributed by atoms with van der Waals surface area (Å²) >= 11 is 0. The van der Waals surface area contributed by atoms with Gasteiger partial charge in [-0.25, -0.2) is 4.98 Å². The zero-order chi connectivity index (χ0) is 18.0. The van der Waals surface area contributed by atoms with E-state index in [4.69, 9.17) is 9.72 Å². The fourth-order valence-corrected chi connectivity index (χ4v) is 3.20. The minimum Gasteiger partial charge on any atom is -0.481 e. The summed E-state index contributed by atoms with van der Waals surface area (Å²) in [5.41, 5.74) is -0.406. The molecule has 25 heavy (non-hydrogen) atoms. The molecule has 0 aliphatic carbocycles. The maximum atomic E-state index is 11.8. The van der Waals surface area contributed by atoms with E-state index in [9.17, 15) is 9.90 Å². The molecular formula is C17H27N5O3. The summed E-state index contributed by atoms with van der Waals surface area (Å²) in [6, 6.07) is 0.374. The number of carbonyl (C=O) groups is 1. The maximum Gasteiger partial charge on any atom is 0.313 e. The lowest BCUT2D eigenvalue weighted by Gasteiger charge is -2.35.